The van der Waals surface area contributed by atoms with Gasteiger partial charge in [0.05, 0.1) is 23.9 Å². The number of nitrogens with one attached hydrogen (secondary N) is 1. The van der Waals surface area contributed by atoms with Gasteiger partial charge in [-0.15, -0.1) is 0 Å². The number of carbonyl (C=O) groups excluding carboxylic acids is 1. The molecule has 19 heavy (non-hydrogen) atoms. The molecule has 2 aromatic heterocycles. The van der Waals surface area contributed by atoms with Crippen LogP contribution >= 0.6 is 0 Å². The summed E-state index contributed by atoms with van der Waals surface area (Å²) < 4.78 is 1.51. The zero-order chi connectivity index (χ0) is 14.0. The SMILES string of the molecule is Cc1c(C(=O)N[C@H](CO)C(C)C)cnc2ncnn12. The summed E-state index contributed by atoms with van der Waals surface area (Å²) in [5.74, 6) is 0.337. The maximum Gasteiger partial charge on any atom is 0.255 e. The molecule has 1 atom stereocenters. The van der Waals surface area contributed by atoms with Crippen molar-refractivity contribution in [1.29, 1.82) is 0 Å². The van der Waals surface area contributed by atoms with Crippen LogP contribution in [0.4, 0.5) is 0 Å². The fourth-order valence-electron chi connectivity index (χ4n) is 1.78. The van der Waals surface area contributed by atoms with Gasteiger partial charge in [-0.2, -0.15) is 10.1 Å². The van der Waals surface area contributed by atoms with E-state index >= 15 is 0 Å². The Morgan fingerprint density at radius 2 is 2.21 bits per heavy atom. The molecule has 2 rings (SSSR count). The number of hydrogen-bond donors (Lipinski definition) is 2. The maximum absolute atomic E-state index is 12.2. The molecule has 0 spiro atoms. The molecular weight excluding hydrogens is 246 g/mol. The smallest absolute Gasteiger partial charge is 0.255 e. The molecule has 0 saturated carbocycles. The van der Waals surface area contributed by atoms with Crippen LogP contribution in [-0.4, -0.2) is 43.2 Å². The van der Waals surface area contributed by atoms with Gasteiger partial charge in [-0.3, -0.25) is 4.79 Å². The van der Waals surface area contributed by atoms with Crippen LogP contribution in [0.3, 0.4) is 0 Å². The standard InChI is InChI=1S/C12H17N5O2/c1-7(2)10(5-18)16-11(19)9-4-13-12-14-6-15-17(12)8(9)3/h4,6-7,10,18H,5H2,1-3H3,(H,16,19)/t10-/m1/s1. The van der Waals surface area contributed by atoms with Crippen LogP contribution in [0.1, 0.15) is 29.9 Å². The van der Waals surface area contributed by atoms with Crippen LogP contribution < -0.4 is 5.32 Å². The van der Waals surface area contributed by atoms with E-state index < -0.39 is 0 Å². The summed E-state index contributed by atoms with van der Waals surface area (Å²) in [6.45, 7) is 5.56. The molecule has 0 aliphatic carbocycles. The summed E-state index contributed by atoms with van der Waals surface area (Å²) in [5.41, 5.74) is 1.09. The van der Waals surface area contributed by atoms with Crippen LogP contribution in [0, 0.1) is 12.8 Å². The molecular formula is C12H17N5O2. The third kappa shape index (κ3) is 2.55. The van der Waals surface area contributed by atoms with Gasteiger partial charge >= 0.3 is 0 Å². The molecule has 0 unspecified atom stereocenters. The molecule has 7 nitrogen and oxygen atoms in total. The molecule has 0 bridgehead atoms. The molecule has 0 radical (unpaired) electrons. The Kier molecular flexibility index (Phi) is 3.75. The van der Waals surface area contributed by atoms with E-state index in [1.165, 1.54) is 17.0 Å². The van der Waals surface area contributed by atoms with E-state index in [0.717, 1.165) is 0 Å². The van der Waals surface area contributed by atoms with Crippen LogP contribution in [0.5, 0.6) is 0 Å². The first kappa shape index (κ1) is 13.4. The molecule has 2 N–H and O–H groups in total. The number of nitrogens with zero attached hydrogens (tertiary/aromatic N) is 4. The quantitative estimate of drug-likeness (QED) is 0.821. The fourth-order valence-corrected chi connectivity index (χ4v) is 1.78. The van der Waals surface area contributed by atoms with Gasteiger partial charge in [-0.05, 0) is 12.8 Å². The van der Waals surface area contributed by atoms with Crippen LogP contribution in [0.15, 0.2) is 12.5 Å². The number of amides is 1. The Hall–Kier alpha value is -2.02. The molecule has 1 amide bonds. The molecule has 0 aliphatic heterocycles. The number of aliphatic hydroxyl groups excluding tert-OH is 1. The van der Waals surface area contributed by atoms with Crippen molar-refractivity contribution >= 4 is 11.7 Å². The minimum atomic E-state index is -0.279. The van der Waals surface area contributed by atoms with Crippen molar-refractivity contribution in [3.05, 3.63) is 23.8 Å². The third-order valence-corrected chi connectivity index (χ3v) is 3.11. The highest BCUT2D eigenvalue weighted by molar-refractivity contribution is 5.95. The van der Waals surface area contributed by atoms with E-state index in [1.54, 1.807) is 6.92 Å². The van der Waals surface area contributed by atoms with Gasteiger partial charge in [0.2, 0.25) is 0 Å². The van der Waals surface area contributed by atoms with Crippen LogP contribution in [-0.2, 0) is 0 Å². The average molecular weight is 263 g/mol. The van der Waals surface area contributed by atoms with E-state index in [9.17, 15) is 9.90 Å². The lowest BCUT2D eigenvalue weighted by atomic mass is 10.0. The number of fused-ring (bicyclic) bond motifs is 1. The molecule has 0 aromatic carbocycles. The molecule has 7 heteroatoms. The number of hydrogen-bond acceptors (Lipinski definition) is 5. The van der Waals surface area contributed by atoms with E-state index in [4.69, 9.17) is 0 Å². The predicted octanol–water partition coefficient (Wildman–Crippen LogP) is 0.179. The topological polar surface area (TPSA) is 92.4 Å². The largest absolute Gasteiger partial charge is 0.394 e. The summed E-state index contributed by atoms with van der Waals surface area (Å²) in [4.78, 5) is 20.2. The van der Waals surface area contributed by atoms with E-state index in [-0.39, 0.29) is 24.5 Å². The van der Waals surface area contributed by atoms with Gasteiger partial charge in [0, 0.05) is 6.20 Å². The summed E-state index contributed by atoms with van der Waals surface area (Å²) >= 11 is 0. The third-order valence-electron chi connectivity index (χ3n) is 3.11. The van der Waals surface area contributed by atoms with Gasteiger partial charge in [-0.1, -0.05) is 13.8 Å². The second-order valence-corrected chi connectivity index (χ2v) is 4.74. The van der Waals surface area contributed by atoms with E-state index in [1.807, 2.05) is 13.8 Å². The van der Waals surface area contributed by atoms with Crippen molar-refractivity contribution in [3.8, 4) is 0 Å². The lowest BCUT2D eigenvalue weighted by molar-refractivity contribution is 0.0895. The van der Waals surface area contributed by atoms with Crippen molar-refractivity contribution in [2.24, 2.45) is 5.92 Å². The molecule has 102 valence electrons. The Morgan fingerprint density at radius 3 is 2.84 bits per heavy atom. The normalized spacial score (nSPS) is 12.9. The van der Waals surface area contributed by atoms with Gasteiger partial charge < -0.3 is 10.4 Å². The lowest BCUT2D eigenvalue weighted by Gasteiger charge is -2.20. The van der Waals surface area contributed by atoms with Gasteiger partial charge in [0.25, 0.3) is 11.7 Å². The fraction of sp³-hybridized carbons (Fsp3) is 0.500. The van der Waals surface area contributed by atoms with Gasteiger partial charge in [0.1, 0.15) is 6.33 Å². The number of rotatable bonds is 4. The lowest BCUT2D eigenvalue weighted by Crippen LogP contribution is -2.41. The number of aromatic nitrogens is 4. The predicted molar refractivity (Wildman–Crippen MR) is 68.7 cm³/mol. The molecule has 0 saturated heterocycles. The van der Waals surface area contributed by atoms with E-state index in [2.05, 4.69) is 20.4 Å². The van der Waals surface area contributed by atoms with Crippen molar-refractivity contribution in [1.82, 2.24) is 24.9 Å². The highest BCUT2D eigenvalue weighted by atomic mass is 16.3. The van der Waals surface area contributed by atoms with Crippen LogP contribution in [0.25, 0.3) is 5.78 Å². The van der Waals surface area contributed by atoms with Crippen LogP contribution in [0.2, 0.25) is 0 Å². The second-order valence-electron chi connectivity index (χ2n) is 4.74. The monoisotopic (exact) mass is 263 g/mol. The first-order valence-electron chi connectivity index (χ1n) is 6.11. The minimum absolute atomic E-state index is 0.0958. The Balaban J connectivity index is 2.28. The number of aryl methyl sites for hydroxylation is 1. The maximum atomic E-state index is 12.2. The van der Waals surface area contributed by atoms with Crippen molar-refractivity contribution in [2.45, 2.75) is 26.8 Å². The summed E-state index contributed by atoms with van der Waals surface area (Å²) in [6, 6.07) is -0.279. The minimum Gasteiger partial charge on any atom is -0.394 e. The number of carbonyl (C=O) groups is 1. The number of aliphatic hydroxyl groups is 1. The zero-order valence-corrected chi connectivity index (χ0v) is 11.2. The zero-order valence-electron chi connectivity index (χ0n) is 11.2. The Morgan fingerprint density at radius 1 is 1.47 bits per heavy atom. The summed E-state index contributed by atoms with van der Waals surface area (Å²) in [7, 11) is 0. The molecule has 2 aromatic rings. The Bertz CT molecular complexity index is 593. The van der Waals surface area contributed by atoms with Crippen molar-refractivity contribution in [3.63, 3.8) is 0 Å². The highest BCUT2D eigenvalue weighted by Crippen LogP contribution is 2.09. The Labute approximate surface area is 110 Å². The first-order chi connectivity index (χ1) is 9.04. The van der Waals surface area contributed by atoms with E-state index in [0.29, 0.717) is 17.0 Å². The first-order valence-corrected chi connectivity index (χ1v) is 6.11. The molecule has 0 aliphatic rings. The molecule has 2 heterocycles. The average Bonchev–Trinajstić information content (AvgIpc) is 2.84. The van der Waals surface area contributed by atoms with Crippen molar-refractivity contribution in [2.75, 3.05) is 6.61 Å². The second kappa shape index (κ2) is 5.31. The van der Waals surface area contributed by atoms with Gasteiger partial charge in [0.15, 0.2) is 0 Å². The summed E-state index contributed by atoms with van der Waals surface area (Å²) in [5, 5.41) is 16.0. The highest BCUT2D eigenvalue weighted by Gasteiger charge is 2.19. The van der Waals surface area contributed by atoms with Crippen molar-refractivity contribution < 1.29 is 9.90 Å². The summed E-state index contributed by atoms with van der Waals surface area (Å²) in [6.07, 6.45) is 2.87. The molecule has 0 fully saturated rings. The van der Waals surface area contributed by atoms with Gasteiger partial charge in [-0.25, -0.2) is 9.50 Å².